The molecule has 1 rings (SSSR count). The number of nitrogens with one attached hydrogen (secondary N) is 1. The molecule has 0 amide bonds. The van der Waals surface area contributed by atoms with Gasteiger partial charge in [-0.05, 0) is 19.0 Å². The molecule has 12 heavy (non-hydrogen) atoms. The highest BCUT2D eigenvalue weighted by Crippen LogP contribution is 2.00. The van der Waals surface area contributed by atoms with Gasteiger partial charge in [0.05, 0.1) is 0 Å². The van der Waals surface area contributed by atoms with Crippen molar-refractivity contribution in [3.8, 4) is 0 Å². The van der Waals surface area contributed by atoms with E-state index in [1.807, 2.05) is 25.2 Å². The van der Waals surface area contributed by atoms with Gasteiger partial charge in [-0.3, -0.25) is 0 Å². The van der Waals surface area contributed by atoms with Crippen molar-refractivity contribution in [2.75, 3.05) is 13.6 Å². The molecule has 1 atom stereocenters. The maximum Gasteiger partial charge on any atom is 0.0206 e. The Kier molecular flexibility index (Phi) is 3.77. The molecule has 0 heterocycles. The summed E-state index contributed by atoms with van der Waals surface area (Å²) in [4.78, 5) is 0. The number of rotatable bonds is 4. The largest absolute Gasteiger partial charge is 0.326 e. The van der Waals surface area contributed by atoms with E-state index in [-0.39, 0.29) is 6.04 Å². The normalized spacial score (nSPS) is 12.8. The molecule has 0 aromatic heterocycles. The molecular weight excluding hydrogens is 148 g/mol. The van der Waals surface area contributed by atoms with Gasteiger partial charge in [0.25, 0.3) is 0 Å². The van der Waals surface area contributed by atoms with Crippen LogP contribution in [-0.2, 0) is 6.42 Å². The second kappa shape index (κ2) is 4.91. The predicted octanol–water partition coefficient (Wildman–Crippen LogP) is 0.776. The summed E-state index contributed by atoms with van der Waals surface area (Å²) in [6, 6.07) is 10.5. The minimum atomic E-state index is 0.220. The second-order valence-corrected chi connectivity index (χ2v) is 3.01. The van der Waals surface area contributed by atoms with Crippen LogP contribution in [0.2, 0.25) is 0 Å². The Bertz CT molecular complexity index is 208. The van der Waals surface area contributed by atoms with Crippen LogP contribution >= 0.6 is 0 Å². The van der Waals surface area contributed by atoms with Crippen LogP contribution in [0.1, 0.15) is 5.56 Å². The molecule has 66 valence electrons. The van der Waals surface area contributed by atoms with E-state index in [0.29, 0.717) is 0 Å². The first-order chi connectivity index (χ1) is 5.83. The molecule has 1 aromatic rings. The molecule has 1 aromatic carbocycles. The summed E-state index contributed by atoms with van der Waals surface area (Å²) < 4.78 is 0. The van der Waals surface area contributed by atoms with Gasteiger partial charge < -0.3 is 11.1 Å². The van der Waals surface area contributed by atoms with E-state index in [1.165, 1.54) is 5.56 Å². The zero-order chi connectivity index (χ0) is 8.81. The number of likely N-dealkylation sites (N-methyl/N-ethyl adjacent to an activating group) is 1. The number of benzene rings is 1. The Morgan fingerprint density at radius 2 is 2.00 bits per heavy atom. The predicted molar refractivity (Wildman–Crippen MR) is 52.0 cm³/mol. The third-order valence-electron chi connectivity index (χ3n) is 1.81. The fourth-order valence-electron chi connectivity index (χ4n) is 1.25. The van der Waals surface area contributed by atoms with E-state index < -0.39 is 0 Å². The smallest absolute Gasteiger partial charge is 0.0206 e. The quantitative estimate of drug-likeness (QED) is 0.690. The van der Waals surface area contributed by atoms with Gasteiger partial charge in [-0.25, -0.2) is 0 Å². The van der Waals surface area contributed by atoms with Gasteiger partial charge in [-0.2, -0.15) is 0 Å². The Balaban J connectivity index is 2.41. The van der Waals surface area contributed by atoms with E-state index in [0.717, 1.165) is 13.0 Å². The van der Waals surface area contributed by atoms with E-state index in [1.54, 1.807) is 0 Å². The lowest BCUT2D eigenvalue weighted by atomic mass is 10.1. The third kappa shape index (κ3) is 3.03. The van der Waals surface area contributed by atoms with Crippen molar-refractivity contribution in [2.24, 2.45) is 5.73 Å². The van der Waals surface area contributed by atoms with Crippen LogP contribution in [0.4, 0.5) is 0 Å². The van der Waals surface area contributed by atoms with Gasteiger partial charge in [0.15, 0.2) is 0 Å². The zero-order valence-electron chi connectivity index (χ0n) is 7.46. The van der Waals surface area contributed by atoms with Crippen molar-refractivity contribution < 1.29 is 0 Å². The van der Waals surface area contributed by atoms with Gasteiger partial charge in [-0.1, -0.05) is 30.3 Å². The van der Waals surface area contributed by atoms with Gasteiger partial charge in [0.1, 0.15) is 0 Å². The standard InChI is InChI=1S/C10H16N2/c1-12-8-10(11)7-9-5-3-2-4-6-9/h2-6,10,12H,7-8,11H2,1H3/t10-/m1/s1. The zero-order valence-corrected chi connectivity index (χ0v) is 7.46. The van der Waals surface area contributed by atoms with Gasteiger partial charge in [0.2, 0.25) is 0 Å². The molecule has 0 unspecified atom stereocenters. The molecule has 0 bridgehead atoms. The van der Waals surface area contributed by atoms with E-state index in [9.17, 15) is 0 Å². The average molecular weight is 164 g/mol. The van der Waals surface area contributed by atoms with E-state index in [4.69, 9.17) is 5.73 Å². The lowest BCUT2D eigenvalue weighted by Gasteiger charge is -2.09. The van der Waals surface area contributed by atoms with Crippen LogP contribution in [0, 0.1) is 0 Å². The van der Waals surface area contributed by atoms with Crippen LogP contribution in [0.3, 0.4) is 0 Å². The van der Waals surface area contributed by atoms with Gasteiger partial charge in [-0.15, -0.1) is 0 Å². The molecule has 0 saturated heterocycles. The lowest BCUT2D eigenvalue weighted by molar-refractivity contribution is 0.616. The van der Waals surface area contributed by atoms with E-state index in [2.05, 4.69) is 17.4 Å². The van der Waals surface area contributed by atoms with Crippen LogP contribution in [0.5, 0.6) is 0 Å². The minimum Gasteiger partial charge on any atom is -0.326 e. The van der Waals surface area contributed by atoms with Crippen molar-refractivity contribution in [1.82, 2.24) is 5.32 Å². The maximum atomic E-state index is 5.85. The molecule has 0 aliphatic rings. The number of hydrogen-bond acceptors (Lipinski definition) is 2. The maximum absolute atomic E-state index is 5.85. The topological polar surface area (TPSA) is 38.0 Å². The number of nitrogens with two attached hydrogens (primary N) is 1. The molecule has 0 radical (unpaired) electrons. The highest BCUT2D eigenvalue weighted by atomic mass is 14.9. The molecule has 2 heteroatoms. The minimum absolute atomic E-state index is 0.220. The number of hydrogen-bond donors (Lipinski definition) is 2. The second-order valence-electron chi connectivity index (χ2n) is 3.01. The molecular formula is C10H16N2. The van der Waals surface area contributed by atoms with Crippen LogP contribution in [0.15, 0.2) is 30.3 Å². The first-order valence-electron chi connectivity index (χ1n) is 4.27. The Morgan fingerprint density at radius 1 is 1.33 bits per heavy atom. The van der Waals surface area contributed by atoms with Crippen molar-refractivity contribution >= 4 is 0 Å². The third-order valence-corrected chi connectivity index (χ3v) is 1.81. The Morgan fingerprint density at radius 3 is 2.58 bits per heavy atom. The van der Waals surface area contributed by atoms with Gasteiger partial charge >= 0.3 is 0 Å². The monoisotopic (exact) mass is 164 g/mol. The summed E-state index contributed by atoms with van der Waals surface area (Å²) in [5, 5.41) is 3.06. The first-order valence-corrected chi connectivity index (χ1v) is 4.27. The molecule has 0 aliphatic carbocycles. The summed E-state index contributed by atoms with van der Waals surface area (Å²) in [6.07, 6.45) is 0.946. The van der Waals surface area contributed by atoms with Crippen molar-refractivity contribution in [3.63, 3.8) is 0 Å². The van der Waals surface area contributed by atoms with Crippen LogP contribution < -0.4 is 11.1 Å². The molecule has 0 aliphatic heterocycles. The lowest BCUT2D eigenvalue weighted by Crippen LogP contribution is -2.33. The van der Waals surface area contributed by atoms with E-state index >= 15 is 0 Å². The van der Waals surface area contributed by atoms with Crippen molar-refractivity contribution in [1.29, 1.82) is 0 Å². The molecule has 0 spiro atoms. The highest BCUT2D eigenvalue weighted by molar-refractivity contribution is 5.15. The summed E-state index contributed by atoms with van der Waals surface area (Å²) >= 11 is 0. The molecule has 3 N–H and O–H groups in total. The SMILES string of the molecule is CNC[C@H](N)Cc1ccccc1. The van der Waals surface area contributed by atoms with Crippen molar-refractivity contribution in [2.45, 2.75) is 12.5 Å². The summed E-state index contributed by atoms with van der Waals surface area (Å²) in [6.45, 7) is 0.870. The molecule has 0 saturated carbocycles. The summed E-state index contributed by atoms with van der Waals surface area (Å²) in [7, 11) is 1.92. The first kappa shape index (κ1) is 9.23. The Labute approximate surface area is 73.8 Å². The van der Waals surface area contributed by atoms with Gasteiger partial charge in [0, 0.05) is 12.6 Å². The van der Waals surface area contributed by atoms with Crippen LogP contribution in [0.25, 0.3) is 0 Å². The molecule has 0 fully saturated rings. The Hall–Kier alpha value is -0.860. The average Bonchev–Trinajstić information content (AvgIpc) is 2.06. The fourth-order valence-corrected chi connectivity index (χ4v) is 1.25. The fraction of sp³-hybridized carbons (Fsp3) is 0.400. The van der Waals surface area contributed by atoms with Crippen molar-refractivity contribution in [3.05, 3.63) is 35.9 Å². The molecule has 2 nitrogen and oxygen atoms in total. The summed E-state index contributed by atoms with van der Waals surface area (Å²) in [5.74, 6) is 0. The highest BCUT2D eigenvalue weighted by Gasteiger charge is 2.00. The summed E-state index contributed by atoms with van der Waals surface area (Å²) in [5.41, 5.74) is 7.16. The van der Waals surface area contributed by atoms with Crippen LogP contribution in [-0.4, -0.2) is 19.6 Å².